The number of hydrogen-bond acceptors (Lipinski definition) is 3. The van der Waals surface area contributed by atoms with E-state index in [2.05, 4.69) is 23.4 Å². The van der Waals surface area contributed by atoms with Crippen LogP contribution >= 0.6 is 0 Å². The first-order chi connectivity index (χ1) is 10.9. The Morgan fingerprint density at radius 1 is 1.13 bits per heavy atom. The zero-order chi connectivity index (χ0) is 16.7. The molecule has 1 N–H and O–H groups in total. The third-order valence-electron chi connectivity index (χ3n) is 4.14. The van der Waals surface area contributed by atoms with Crippen LogP contribution in [0.3, 0.4) is 0 Å². The number of amides is 1. The van der Waals surface area contributed by atoms with E-state index in [1.165, 1.54) is 6.92 Å². The van der Waals surface area contributed by atoms with E-state index in [1.807, 2.05) is 43.9 Å². The molecule has 3 rings (SSSR count). The molecule has 3 aromatic rings. The van der Waals surface area contributed by atoms with Gasteiger partial charge in [0.2, 0.25) is 5.91 Å². The number of nitrogens with one attached hydrogen (secondary N) is 1. The molecule has 1 amide bonds. The second-order valence-corrected chi connectivity index (χ2v) is 5.96. The molecule has 0 radical (unpaired) electrons. The molecule has 5 heteroatoms. The number of anilines is 1. The molecule has 0 saturated heterocycles. The number of fused-ring (bicyclic) bond motifs is 1. The number of aromatic nitrogens is 3. The van der Waals surface area contributed by atoms with Gasteiger partial charge in [-0.25, -0.2) is 4.98 Å². The summed E-state index contributed by atoms with van der Waals surface area (Å²) in [5.41, 5.74) is 6.99. The molecule has 0 aliphatic rings. The Kier molecular flexibility index (Phi) is 3.64. The van der Waals surface area contributed by atoms with Crippen LogP contribution in [0.5, 0.6) is 0 Å². The highest BCUT2D eigenvalue weighted by Gasteiger charge is 2.12. The highest BCUT2D eigenvalue weighted by Crippen LogP contribution is 2.30. The molecule has 0 bridgehead atoms. The topological polar surface area (TPSA) is 59.8 Å². The minimum Gasteiger partial charge on any atom is -0.326 e. The average molecular weight is 308 g/mol. The lowest BCUT2D eigenvalue weighted by molar-refractivity contribution is -0.114. The van der Waals surface area contributed by atoms with E-state index in [9.17, 15) is 4.79 Å². The number of carbonyl (C=O) groups is 1. The molecule has 1 aromatic carbocycles. The fraction of sp³-hybridized carbons (Fsp3) is 0.278. The molecule has 0 saturated carbocycles. The van der Waals surface area contributed by atoms with Gasteiger partial charge in [0.05, 0.1) is 17.4 Å². The summed E-state index contributed by atoms with van der Waals surface area (Å²) in [4.78, 5) is 16.1. The lowest BCUT2D eigenvalue weighted by atomic mass is 10.0. The van der Waals surface area contributed by atoms with Gasteiger partial charge >= 0.3 is 0 Å². The second kappa shape index (κ2) is 5.50. The number of pyridine rings is 1. The number of benzene rings is 1. The maximum Gasteiger partial charge on any atom is 0.221 e. The Morgan fingerprint density at radius 3 is 2.48 bits per heavy atom. The maximum atomic E-state index is 11.3. The molecular weight excluding hydrogens is 288 g/mol. The van der Waals surface area contributed by atoms with Gasteiger partial charge in [0.1, 0.15) is 0 Å². The molecule has 0 spiro atoms. The van der Waals surface area contributed by atoms with E-state index in [4.69, 9.17) is 4.98 Å². The molecule has 0 unspecified atom stereocenters. The van der Waals surface area contributed by atoms with Crippen LogP contribution in [0.1, 0.15) is 23.7 Å². The van der Waals surface area contributed by atoms with Crippen LogP contribution in [0.2, 0.25) is 0 Å². The standard InChI is InChI=1S/C18H20N4O/c1-10-7-17(16-9-19-22(5)12(16)3)21-18-11(2)6-14(8-15(10)18)20-13(4)23/h6-9H,1-5H3,(H,20,23). The minimum absolute atomic E-state index is 0.0723. The van der Waals surface area contributed by atoms with Gasteiger partial charge in [0.25, 0.3) is 0 Å². The minimum atomic E-state index is -0.0723. The summed E-state index contributed by atoms with van der Waals surface area (Å²) in [6.07, 6.45) is 1.85. The smallest absolute Gasteiger partial charge is 0.221 e. The Balaban J connectivity index is 2.21. The van der Waals surface area contributed by atoms with Crippen molar-refractivity contribution in [3.05, 3.63) is 41.2 Å². The normalized spacial score (nSPS) is 11.0. The van der Waals surface area contributed by atoms with E-state index in [-0.39, 0.29) is 5.91 Å². The van der Waals surface area contributed by atoms with E-state index in [1.54, 1.807) is 0 Å². The lowest BCUT2D eigenvalue weighted by Gasteiger charge is -2.11. The van der Waals surface area contributed by atoms with Gasteiger partial charge < -0.3 is 5.32 Å². The van der Waals surface area contributed by atoms with Crippen molar-refractivity contribution in [1.29, 1.82) is 0 Å². The molecule has 2 heterocycles. The van der Waals surface area contributed by atoms with Gasteiger partial charge in [-0.2, -0.15) is 5.10 Å². The van der Waals surface area contributed by atoms with Crippen LogP contribution in [0, 0.1) is 20.8 Å². The van der Waals surface area contributed by atoms with E-state index >= 15 is 0 Å². The van der Waals surface area contributed by atoms with Crippen LogP contribution < -0.4 is 5.32 Å². The van der Waals surface area contributed by atoms with Gasteiger partial charge in [-0.3, -0.25) is 9.48 Å². The fourth-order valence-electron chi connectivity index (χ4n) is 2.83. The first-order valence-electron chi connectivity index (χ1n) is 7.55. The van der Waals surface area contributed by atoms with Crippen molar-refractivity contribution in [2.24, 2.45) is 7.05 Å². The van der Waals surface area contributed by atoms with Crippen molar-refractivity contribution >= 4 is 22.5 Å². The quantitative estimate of drug-likeness (QED) is 0.788. The van der Waals surface area contributed by atoms with Crippen molar-refractivity contribution in [3.63, 3.8) is 0 Å². The fourth-order valence-corrected chi connectivity index (χ4v) is 2.83. The van der Waals surface area contributed by atoms with Crippen LogP contribution in [0.4, 0.5) is 5.69 Å². The number of carbonyl (C=O) groups excluding carboxylic acids is 1. The number of aryl methyl sites for hydroxylation is 3. The number of rotatable bonds is 2. The molecular formula is C18H20N4O. The Bertz CT molecular complexity index is 924. The van der Waals surface area contributed by atoms with Gasteiger partial charge in [0.15, 0.2) is 0 Å². The Hall–Kier alpha value is -2.69. The van der Waals surface area contributed by atoms with Crippen LogP contribution in [-0.4, -0.2) is 20.7 Å². The van der Waals surface area contributed by atoms with Gasteiger partial charge in [0, 0.05) is 36.3 Å². The van der Waals surface area contributed by atoms with Crippen molar-refractivity contribution < 1.29 is 4.79 Å². The van der Waals surface area contributed by atoms with Crippen molar-refractivity contribution in [1.82, 2.24) is 14.8 Å². The summed E-state index contributed by atoms with van der Waals surface area (Å²) in [6, 6.07) is 6.01. The number of nitrogens with zero attached hydrogens (tertiary/aromatic N) is 3. The molecule has 2 aromatic heterocycles. The summed E-state index contributed by atoms with van der Waals surface area (Å²) < 4.78 is 1.85. The summed E-state index contributed by atoms with van der Waals surface area (Å²) in [6.45, 7) is 7.63. The highest BCUT2D eigenvalue weighted by atomic mass is 16.1. The summed E-state index contributed by atoms with van der Waals surface area (Å²) in [5.74, 6) is -0.0723. The Morgan fingerprint density at radius 2 is 1.87 bits per heavy atom. The second-order valence-electron chi connectivity index (χ2n) is 5.96. The number of hydrogen-bond donors (Lipinski definition) is 1. The van der Waals surface area contributed by atoms with E-state index in [0.29, 0.717) is 0 Å². The molecule has 23 heavy (non-hydrogen) atoms. The lowest BCUT2D eigenvalue weighted by Crippen LogP contribution is -2.06. The maximum absolute atomic E-state index is 11.3. The van der Waals surface area contributed by atoms with Gasteiger partial charge in [-0.1, -0.05) is 0 Å². The predicted octanol–water partition coefficient (Wildman–Crippen LogP) is 3.52. The van der Waals surface area contributed by atoms with E-state index in [0.717, 1.165) is 44.7 Å². The largest absolute Gasteiger partial charge is 0.326 e. The summed E-state index contributed by atoms with van der Waals surface area (Å²) in [7, 11) is 1.93. The van der Waals surface area contributed by atoms with Crippen molar-refractivity contribution in [3.8, 4) is 11.3 Å². The van der Waals surface area contributed by atoms with Gasteiger partial charge in [-0.15, -0.1) is 0 Å². The van der Waals surface area contributed by atoms with Crippen LogP contribution in [0.15, 0.2) is 24.4 Å². The molecule has 0 fully saturated rings. The van der Waals surface area contributed by atoms with E-state index < -0.39 is 0 Å². The third-order valence-corrected chi connectivity index (χ3v) is 4.14. The SMILES string of the molecule is CC(=O)Nc1cc(C)c2nc(-c3cnn(C)c3C)cc(C)c2c1. The summed E-state index contributed by atoms with van der Waals surface area (Å²) in [5, 5.41) is 8.20. The average Bonchev–Trinajstić information content (AvgIpc) is 2.79. The molecule has 118 valence electrons. The zero-order valence-electron chi connectivity index (χ0n) is 14.1. The first kappa shape index (κ1) is 15.2. The van der Waals surface area contributed by atoms with Crippen LogP contribution in [0.25, 0.3) is 22.2 Å². The third kappa shape index (κ3) is 2.70. The molecule has 0 aliphatic carbocycles. The zero-order valence-corrected chi connectivity index (χ0v) is 14.1. The monoisotopic (exact) mass is 308 g/mol. The molecule has 5 nitrogen and oxygen atoms in total. The molecule has 0 aliphatic heterocycles. The first-order valence-corrected chi connectivity index (χ1v) is 7.55. The van der Waals surface area contributed by atoms with Crippen LogP contribution in [-0.2, 0) is 11.8 Å². The highest BCUT2D eigenvalue weighted by molar-refractivity contribution is 5.95. The van der Waals surface area contributed by atoms with Crippen molar-refractivity contribution in [2.45, 2.75) is 27.7 Å². The van der Waals surface area contributed by atoms with Gasteiger partial charge in [-0.05, 0) is 50.1 Å². The Labute approximate surface area is 135 Å². The van der Waals surface area contributed by atoms with Crippen molar-refractivity contribution in [2.75, 3.05) is 5.32 Å². The predicted molar refractivity (Wildman–Crippen MR) is 92.5 cm³/mol. The molecule has 0 atom stereocenters. The summed E-state index contributed by atoms with van der Waals surface area (Å²) >= 11 is 0.